The molecule has 0 unspecified atom stereocenters. The summed E-state index contributed by atoms with van der Waals surface area (Å²) >= 11 is 0. The first-order chi connectivity index (χ1) is 7.36. The van der Waals surface area contributed by atoms with Crippen LogP contribution >= 0.6 is 0 Å². The zero-order valence-electron chi connectivity index (χ0n) is 9.03. The van der Waals surface area contributed by atoms with E-state index in [9.17, 15) is 0 Å². The monoisotopic (exact) mass is 199 g/mol. The Morgan fingerprint density at radius 1 is 1.20 bits per heavy atom. The topological polar surface area (TPSA) is 15.6 Å². The molecule has 1 saturated carbocycles. The number of dihydropyridines is 1. The van der Waals surface area contributed by atoms with E-state index in [1.165, 1.54) is 43.5 Å². The summed E-state index contributed by atoms with van der Waals surface area (Å²) in [6.07, 6.45) is 11.0. The van der Waals surface area contributed by atoms with Gasteiger partial charge in [-0.15, -0.1) is 0 Å². The molecule has 0 aromatic heterocycles. The van der Waals surface area contributed by atoms with Crippen LogP contribution < -0.4 is 0 Å². The SMILES string of the molecule is C[C]1[CH][CH][C]2N=CC=C(N3CCCC3)[C]12. The number of hydrogen-bond donors (Lipinski definition) is 0. The molecule has 3 aliphatic rings. The third-order valence-corrected chi connectivity index (χ3v) is 3.29. The number of likely N-dealkylation sites (tertiary alicyclic amines) is 1. The molecule has 1 saturated heterocycles. The van der Waals surface area contributed by atoms with Gasteiger partial charge in [0.25, 0.3) is 0 Å². The molecule has 3 rings (SSSR count). The van der Waals surface area contributed by atoms with Gasteiger partial charge < -0.3 is 4.90 Å². The van der Waals surface area contributed by atoms with Gasteiger partial charge in [-0.1, -0.05) is 6.92 Å². The molecule has 2 fully saturated rings. The molecule has 77 valence electrons. The number of rotatable bonds is 1. The second-order valence-electron chi connectivity index (χ2n) is 4.30. The van der Waals surface area contributed by atoms with Gasteiger partial charge in [0.1, 0.15) is 6.04 Å². The molecule has 5 radical (unpaired) electrons. The summed E-state index contributed by atoms with van der Waals surface area (Å²) in [7, 11) is 0. The lowest BCUT2D eigenvalue weighted by molar-refractivity contribution is 0.421. The Labute approximate surface area is 92.1 Å². The Morgan fingerprint density at radius 2 is 2.00 bits per heavy atom. The normalized spacial score (nSPS) is 28.6. The molecule has 2 heteroatoms. The molecule has 2 nitrogen and oxygen atoms in total. The van der Waals surface area contributed by atoms with Crippen molar-refractivity contribution in [1.82, 2.24) is 4.90 Å². The maximum absolute atomic E-state index is 4.41. The molecule has 0 spiro atoms. The van der Waals surface area contributed by atoms with Crippen molar-refractivity contribution in [2.75, 3.05) is 13.1 Å². The van der Waals surface area contributed by atoms with Crippen LogP contribution in [0.4, 0.5) is 0 Å². The predicted octanol–water partition coefficient (Wildman–Crippen LogP) is 2.17. The van der Waals surface area contributed by atoms with Crippen molar-refractivity contribution in [2.24, 2.45) is 4.99 Å². The van der Waals surface area contributed by atoms with Crippen molar-refractivity contribution in [3.8, 4) is 0 Å². The minimum Gasteiger partial charge on any atom is -0.374 e. The molecule has 0 N–H and O–H groups in total. The second-order valence-corrected chi connectivity index (χ2v) is 4.30. The maximum Gasteiger partial charge on any atom is 0.103 e. The zero-order valence-corrected chi connectivity index (χ0v) is 9.03. The van der Waals surface area contributed by atoms with Gasteiger partial charge in [0.15, 0.2) is 0 Å². The smallest absolute Gasteiger partial charge is 0.103 e. The van der Waals surface area contributed by atoms with E-state index in [4.69, 9.17) is 0 Å². The molecule has 1 aliphatic carbocycles. The van der Waals surface area contributed by atoms with E-state index in [1.807, 2.05) is 6.21 Å². The van der Waals surface area contributed by atoms with E-state index < -0.39 is 0 Å². The van der Waals surface area contributed by atoms with Gasteiger partial charge in [-0.05, 0) is 37.7 Å². The van der Waals surface area contributed by atoms with Crippen LogP contribution in [0.15, 0.2) is 16.8 Å². The molecule has 0 atom stereocenters. The van der Waals surface area contributed by atoms with Crippen molar-refractivity contribution in [2.45, 2.75) is 19.8 Å². The average Bonchev–Trinajstić information content (AvgIpc) is 2.88. The molecular weight excluding hydrogens is 184 g/mol. The highest BCUT2D eigenvalue weighted by Gasteiger charge is 2.41. The standard InChI is InChI=1S/C13H15N2/c1-10-4-5-11-13(10)12(6-7-14-11)15-8-2-3-9-15/h4-7H,2-3,8-9H2,1H3. The highest BCUT2D eigenvalue weighted by molar-refractivity contribution is 5.80. The second kappa shape index (κ2) is 3.66. The summed E-state index contributed by atoms with van der Waals surface area (Å²) in [5, 5.41) is 0. The quantitative estimate of drug-likeness (QED) is 0.632. The van der Waals surface area contributed by atoms with E-state index in [1.54, 1.807) is 0 Å². The van der Waals surface area contributed by atoms with Gasteiger partial charge in [-0.2, -0.15) is 0 Å². The number of nitrogens with zero attached hydrogens (tertiary/aromatic N) is 2. The Morgan fingerprint density at radius 3 is 2.80 bits per heavy atom. The molecule has 2 heterocycles. The van der Waals surface area contributed by atoms with Crippen molar-refractivity contribution >= 4 is 6.21 Å². The van der Waals surface area contributed by atoms with Crippen LogP contribution in [0.3, 0.4) is 0 Å². The summed E-state index contributed by atoms with van der Waals surface area (Å²) in [6, 6.07) is 1.14. The number of aliphatic imine (C=N–C) groups is 1. The molecular formula is C13H15N2. The van der Waals surface area contributed by atoms with Crippen LogP contribution in [0.5, 0.6) is 0 Å². The van der Waals surface area contributed by atoms with Crippen molar-refractivity contribution in [1.29, 1.82) is 0 Å². The van der Waals surface area contributed by atoms with Crippen LogP contribution in [0, 0.1) is 30.7 Å². The van der Waals surface area contributed by atoms with Gasteiger partial charge in [0, 0.05) is 25.0 Å². The van der Waals surface area contributed by atoms with Gasteiger partial charge >= 0.3 is 0 Å². The number of fused-ring (bicyclic) bond motifs is 1. The molecule has 0 aromatic rings. The third-order valence-electron chi connectivity index (χ3n) is 3.29. The molecule has 15 heavy (non-hydrogen) atoms. The first-order valence-electron chi connectivity index (χ1n) is 5.62. The van der Waals surface area contributed by atoms with Crippen molar-refractivity contribution in [3.63, 3.8) is 0 Å². The Kier molecular flexibility index (Phi) is 2.30. The van der Waals surface area contributed by atoms with Crippen LogP contribution in [0.2, 0.25) is 0 Å². The van der Waals surface area contributed by atoms with Crippen LogP contribution in [0.25, 0.3) is 0 Å². The maximum atomic E-state index is 4.41. The first-order valence-corrected chi connectivity index (χ1v) is 5.62. The Hall–Kier alpha value is -0.790. The summed E-state index contributed by atoms with van der Waals surface area (Å²) < 4.78 is 0. The van der Waals surface area contributed by atoms with Crippen LogP contribution in [-0.2, 0) is 0 Å². The van der Waals surface area contributed by atoms with E-state index in [0.717, 1.165) is 6.04 Å². The fraction of sp³-hybridized carbons (Fsp3) is 0.385. The van der Waals surface area contributed by atoms with Gasteiger partial charge in [0.2, 0.25) is 0 Å². The fourth-order valence-corrected chi connectivity index (χ4v) is 2.51. The van der Waals surface area contributed by atoms with Gasteiger partial charge in [-0.3, -0.25) is 4.99 Å². The lowest BCUT2D eigenvalue weighted by Crippen LogP contribution is -2.27. The minimum atomic E-state index is 1.14. The van der Waals surface area contributed by atoms with Gasteiger partial charge in [0.05, 0.1) is 5.92 Å². The molecule has 2 aliphatic heterocycles. The van der Waals surface area contributed by atoms with Crippen molar-refractivity contribution < 1.29 is 0 Å². The summed E-state index contributed by atoms with van der Waals surface area (Å²) in [6.45, 7) is 4.57. The van der Waals surface area contributed by atoms with E-state index >= 15 is 0 Å². The average molecular weight is 199 g/mol. The zero-order chi connectivity index (χ0) is 10.3. The van der Waals surface area contributed by atoms with E-state index in [-0.39, 0.29) is 0 Å². The van der Waals surface area contributed by atoms with Gasteiger partial charge in [-0.25, -0.2) is 0 Å². The summed E-state index contributed by atoms with van der Waals surface area (Å²) in [5.74, 6) is 2.69. The largest absolute Gasteiger partial charge is 0.374 e. The minimum absolute atomic E-state index is 1.14. The lowest BCUT2D eigenvalue weighted by Gasteiger charge is -2.31. The molecule has 0 aromatic carbocycles. The number of hydrogen-bond acceptors (Lipinski definition) is 2. The highest BCUT2D eigenvalue weighted by atomic mass is 15.2. The molecule has 0 bridgehead atoms. The van der Waals surface area contributed by atoms with Crippen LogP contribution in [0.1, 0.15) is 19.8 Å². The van der Waals surface area contributed by atoms with E-state index in [2.05, 4.69) is 35.7 Å². The Balaban J connectivity index is 1.86. The fourth-order valence-electron chi connectivity index (χ4n) is 2.51. The summed E-state index contributed by atoms with van der Waals surface area (Å²) in [5.41, 5.74) is 1.38. The number of allylic oxidation sites excluding steroid dienone is 1. The predicted molar refractivity (Wildman–Crippen MR) is 61.4 cm³/mol. The molecule has 0 amide bonds. The van der Waals surface area contributed by atoms with Crippen LogP contribution in [-0.4, -0.2) is 24.2 Å². The summed E-state index contributed by atoms with van der Waals surface area (Å²) in [4.78, 5) is 6.89. The Bertz CT molecular complexity index is 300. The third kappa shape index (κ3) is 1.51. The first kappa shape index (κ1) is 9.44. The van der Waals surface area contributed by atoms with E-state index in [0.29, 0.717) is 0 Å². The lowest BCUT2D eigenvalue weighted by atomic mass is 9.89. The van der Waals surface area contributed by atoms with Crippen molar-refractivity contribution in [3.05, 3.63) is 42.5 Å². The highest BCUT2D eigenvalue weighted by Crippen LogP contribution is 2.48.